The van der Waals surface area contributed by atoms with Gasteiger partial charge in [-0.2, -0.15) is 0 Å². The van der Waals surface area contributed by atoms with E-state index in [-0.39, 0.29) is 30.7 Å². The first-order valence-corrected chi connectivity index (χ1v) is 50.7. The molecule has 768 valence electrons. The number of pyridine rings is 4. The number of aromatic nitrogens is 4. The van der Waals surface area contributed by atoms with E-state index in [1.807, 2.05) is 233 Å². The fourth-order valence-corrected chi connectivity index (χ4v) is 24.0. The zero-order valence-corrected chi connectivity index (χ0v) is 87.5. The number of hydrogen-bond acceptors (Lipinski definition) is 24. The Morgan fingerprint density at radius 3 is 1.04 bits per heavy atom. The van der Waals surface area contributed by atoms with Gasteiger partial charge in [-0.1, -0.05) is 72.8 Å². The normalized spacial score (nSPS) is 23.7. The average molecular weight is 2030 g/mol. The van der Waals surface area contributed by atoms with E-state index in [1.54, 1.807) is 86.3 Å². The first kappa shape index (κ1) is 68.7. The number of para-hydroxylation sites is 12. The first-order chi connectivity index (χ1) is 83.9. The fraction of sp³-hybridized carbons (Fsp3) is 0.333. The van der Waals surface area contributed by atoms with Crippen LogP contribution in [0.25, 0.3) is 88.3 Å². The molecule has 10 atom stereocenters. The monoisotopic (exact) mass is 2030 g/mol. The van der Waals surface area contributed by atoms with Crippen LogP contribution in [0, 0.1) is 55.4 Å². The van der Waals surface area contributed by atoms with Crippen molar-refractivity contribution < 1.29 is 58.8 Å². The van der Waals surface area contributed by atoms with Crippen molar-refractivity contribution in [1.82, 2.24) is 29.7 Å². The minimum absolute atomic E-state index is 0.0714. The summed E-state index contributed by atoms with van der Waals surface area (Å²) >= 11 is 0. The summed E-state index contributed by atoms with van der Waals surface area (Å²) in [5, 5.41) is 6.41. The molecule has 10 aromatic carbocycles. The molecule has 26 rings (SSSR count). The van der Waals surface area contributed by atoms with Crippen LogP contribution < -0.4 is 68.6 Å². The van der Waals surface area contributed by atoms with Gasteiger partial charge in [0.1, 0.15) is 49.3 Å². The second-order valence-electron chi connectivity index (χ2n) is 39.9. The summed E-state index contributed by atoms with van der Waals surface area (Å²) in [6.45, 7) is 10.6. The van der Waals surface area contributed by atoms with Crippen LogP contribution in [-0.4, -0.2) is 130 Å². The van der Waals surface area contributed by atoms with Gasteiger partial charge in [0, 0.05) is 222 Å². The molecular weight excluding hydrogens is 1860 g/mol. The minimum atomic E-state index is -3.24. The summed E-state index contributed by atoms with van der Waals surface area (Å²) in [6.07, 6.45) is 1.90. The largest absolute Gasteiger partial charge is 0.435 e. The van der Waals surface area contributed by atoms with Crippen molar-refractivity contribution in [2.45, 2.75) is 253 Å². The van der Waals surface area contributed by atoms with Crippen LogP contribution in [0.1, 0.15) is 210 Å². The highest BCUT2D eigenvalue weighted by atomic mass is 16.4. The number of benzene rings is 10. The lowest BCUT2D eigenvalue weighted by molar-refractivity contribution is 0.263. The molecule has 8 aliphatic heterocycles. The molecular formula is C126H140N20O4. The smallest absolute Gasteiger partial charge is 0.227 e. The standard InChI is InChI=1S/C35H39N5O.C33H35N5O.C31H31N5O.C27H35N5O/c1-20(2)37-24(7)39(30-15-11-9-13-28(30)37)32-19-27-26-18-17-22(5)36-35(26)41-34(27)33(23(32)6)40-25(8)38(21(3)4)29-14-10-12-16-31(29)40;1-7-35-22(5)37(28-15-11-9-13-26(28)35)30-19-25-24-18-17-20(3)34-33(24)39-32(25)31(21(30)4)38-23(6)36(8-2)27-14-10-12-16-29(27)38;1-18-15-16-22-23-17-28(35-20(3)33(5)24-11-7-9-13-26(24)35)19(2)29(30(23)37-31(22)32-18)36-21(4)34(6)25-12-8-10-14-27(25)36;1-16(2)29-11-13-31(20(29)7)24-15-23-22-10-9-18(5)28-27(22)33-26(23)25(19(24)6)32-14-12-30(17(3)4)21(32)8/h9-21,24-25H,1-8H3;9-19,22-23H,7-8H2,1-6H3;7-17,20-21H,1-6H3;9-17,20-21H,1-8H3/t24-,25+;22-,23+;2*20-,21+/m1111/s1/i1D3,3D3,4D3,20D,21D;2D3,7D2;6D3;1D3,3D3,4D3,16D,17D/t20?,24-,25+;2m;16?,20-,21+. The maximum atomic E-state index is 9.24. The van der Waals surface area contributed by atoms with Gasteiger partial charge in [0.2, 0.25) is 22.9 Å². The van der Waals surface area contributed by atoms with E-state index in [4.69, 9.17) is 67.4 Å². The highest BCUT2D eigenvalue weighted by Crippen LogP contribution is 2.60. The van der Waals surface area contributed by atoms with Crippen LogP contribution in [0.2, 0.25) is 0 Å². The number of nitrogens with zero attached hydrogens (tertiary/aromatic N) is 20. The second-order valence-corrected chi connectivity index (χ2v) is 39.9. The molecule has 0 saturated heterocycles. The Hall–Kier alpha value is -15.7. The van der Waals surface area contributed by atoms with Crippen molar-refractivity contribution >= 4 is 202 Å². The number of furan rings is 4. The molecule has 0 saturated carbocycles. The van der Waals surface area contributed by atoms with Gasteiger partial charge in [-0.25, -0.2) is 19.9 Å². The summed E-state index contributed by atoms with van der Waals surface area (Å²) in [6, 6.07) is 60.0. The van der Waals surface area contributed by atoms with Crippen molar-refractivity contribution in [2.24, 2.45) is 0 Å². The Kier molecular flexibility index (Phi) is 17.1. The predicted octanol–water partition coefficient (Wildman–Crippen LogP) is 31.0. The summed E-state index contributed by atoms with van der Waals surface area (Å²) in [5.74, 6) is 0. The third kappa shape index (κ3) is 15.1. The molecule has 0 fully saturated rings. The highest BCUT2D eigenvalue weighted by molar-refractivity contribution is 6.17. The molecule has 8 aliphatic rings. The molecule has 0 amide bonds. The molecule has 0 radical (unpaired) electrons. The molecule has 8 aromatic heterocycles. The SMILES string of the molecule is [2H]C([2H])([2H])C([2H])(C)N1C=CN(c2cc3c(oc4nc(C)ccc43)c(N3C=CN(C([2H])(C([2H])([2H])[2H])C([2H])([2H])[2H])[C@@H]3C)c2C)[C@@H]1C.[2H]C([2H])([2H])C([2H])(C)N1c2ccccc2N(c2cc3c(oc4nc(C)ccc43)c(N3c4ccccc4N(C([2H])(C([2H])([2H])[2H])C([2H])([2H])[2H])[C@@H]3C)c2C)[C@@H]1C.[2H]C([2H])([2H])CN1c2ccccc2N(c2c(C)c(N3c4ccccc4N(C([2H])([2H])C)[C@H]3C)cc3c2oc2nc(C)ccc23)[C@H]1C.[2H]C([2H])([2H])N1c2ccccc2N(c2c(C)c(N3c4ccccc4N(C)[C@H]3C)cc3c2oc2nc(C)ccc23)[C@H]1C. The highest BCUT2D eigenvalue weighted by Gasteiger charge is 2.46. The summed E-state index contributed by atoms with van der Waals surface area (Å²) in [7, 11) is 2.12. The van der Waals surface area contributed by atoms with Crippen LogP contribution in [0.5, 0.6) is 0 Å². The molecule has 16 heterocycles. The van der Waals surface area contributed by atoms with Gasteiger partial charge in [-0.15, -0.1) is 0 Å². The topological polar surface area (TPSA) is 156 Å². The third-order valence-electron chi connectivity index (χ3n) is 31.3. The quantitative estimate of drug-likeness (QED) is 0.101. The van der Waals surface area contributed by atoms with Crippen LogP contribution in [0.3, 0.4) is 0 Å². The molecule has 2 unspecified atom stereocenters. The zero-order chi connectivity index (χ0) is 130. The Balaban J connectivity index is 0.000000126. The molecule has 0 spiro atoms. The molecule has 150 heavy (non-hydrogen) atoms. The zero-order valence-electron chi connectivity index (χ0n) is 117. The van der Waals surface area contributed by atoms with Gasteiger partial charge in [0.25, 0.3) is 0 Å². The Morgan fingerprint density at radius 1 is 0.293 bits per heavy atom. The first-order valence-electron chi connectivity index (χ1n) is 65.7. The van der Waals surface area contributed by atoms with E-state index in [0.29, 0.717) is 123 Å². The van der Waals surface area contributed by atoms with Crippen molar-refractivity contribution in [1.29, 1.82) is 0 Å². The molecule has 24 nitrogen and oxygen atoms in total. The van der Waals surface area contributed by atoms with Crippen LogP contribution in [0.4, 0.5) is 114 Å². The lowest BCUT2D eigenvalue weighted by Crippen LogP contribution is -2.43. The Morgan fingerprint density at radius 2 is 0.600 bits per heavy atom. The lowest BCUT2D eigenvalue weighted by atomic mass is 10.0. The Bertz CT molecular complexity index is 9810. The van der Waals surface area contributed by atoms with Crippen molar-refractivity contribution in [2.75, 3.05) is 95.7 Å². The number of aryl methyl sites for hydroxylation is 4. The molecule has 24 heteroatoms. The van der Waals surface area contributed by atoms with E-state index < -0.39 is 116 Å². The van der Waals surface area contributed by atoms with Crippen molar-refractivity contribution in [3.8, 4) is 0 Å². The van der Waals surface area contributed by atoms with Crippen LogP contribution >= 0.6 is 0 Å². The van der Waals surface area contributed by atoms with Gasteiger partial charge in [0.05, 0.1) is 96.5 Å². The minimum Gasteiger partial charge on any atom is -0.435 e. The van der Waals surface area contributed by atoms with Crippen LogP contribution in [-0.2, 0) is 0 Å². The number of rotatable bonds is 14. The second kappa shape index (κ2) is 37.2. The van der Waals surface area contributed by atoms with E-state index in [9.17, 15) is 1.37 Å². The van der Waals surface area contributed by atoms with Gasteiger partial charge >= 0.3 is 0 Å². The maximum absolute atomic E-state index is 9.24. The summed E-state index contributed by atoms with van der Waals surface area (Å²) in [4.78, 5) is 47.6. The fourth-order valence-electron chi connectivity index (χ4n) is 24.0. The lowest BCUT2D eigenvalue weighted by Gasteiger charge is -2.36. The maximum Gasteiger partial charge on any atom is 0.227 e. The van der Waals surface area contributed by atoms with E-state index in [1.165, 1.54) is 41.7 Å². The van der Waals surface area contributed by atoms with E-state index >= 15 is 0 Å². The van der Waals surface area contributed by atoms with Gasteiger partial charge in [-0.3, -0.25) is 0 Å². The number of hydrogen-bond donors (Lipinski definition) is 0. The van der Waals surface area contributed by atoms with Crippen molar-refractivity contribution in [3.05, 3.63) is 288 Å². The molecule has 0 bridgehead atoms. The van der Waals surface area contributed by atoms with E-state index in [0.717, 1.165) is 122 Å². The van der Waals surface area contributed by atoms with Gasteiger partial charge in [-0.05, 0) is 325 Å². The summed E-state index contributed by atoms with van der Waals surface area (Å²) < 4.78 is 275. The Labute approximate surface area is 923 Å². The number of fused-ring (bicyclic) bond motifs is 18. The molecule has 0 N–H and O–H groups in total. The van der Waals surface area contributed by atoms with Crippen molar-refractivity contribution in [3.63, 3.8) is 0 Å². The van der Waals surface area contributed by atoms with Crippen LogP contribution in [0.15, 0.2) is 261 Å². The predicted molar refractivity (Wildman–Crippen MR) is 626 cm³/mol. The number of anilines is 20. The van der Waals surface area contributed by atoms with E-state index in [2.05, 4.69) is 105 Å². The van der Waals surface area contributed by atoms with Gasteiger partial charge in [0.15, 0.2) is 22.3 Å². The summed E-state index contributed by atoms with van der Waals surface area (Å²) in [5.41, 5.74) is 25.8. The van der Waals surface area contributed by atoms with Gasteiger partial charge < -0.3 is 96.1 Å². The molecule has 18 aromatic rings. The molecule has 0 aliphatic carbocycles. The third-order valence-corrected chi connectivity index (χ3v) is 31.3. The average Bonchev–Trinajstić information content (AvgIpc) is 1.53.